The summed E-state index contributed by atoms with van der Waals surface area (Å²) in [6.45, 7) is 0.230. The van der Waals surface area contributed by atoms with Gasteiger partial charge in [0.2, 0.25) is 0 Å². The highest BCUT2D eigenvalue weighted by molar-refractivity contribution is 6.30. The van der Waals surface area contributed by atoms with Crippen LogP contribution in [0.2, 0.25) is 5.02 Å². The van der Waals surface area contributed by atoms with Crippen LogP contribution >= 0.6 is 11.6 Å². The molecule has 0 saturated heterocycles. The largest absolute Gasteiger partial charge is 0.324 e. The standard InChI is InChI=1S/C9H8ClFN4/c10-6-1-7(11)3-8(2-6)15-9(4-12)13-5-14-15/h1-3,5H,4,12H2. The van der Waals surface area contributed by atoms with E-state index in [1.54, 1.807) is 6.07 Å². The van der Waals surface area contributed by atoms with Crippen LogP contribution in [0, 0.1) is 5.82 Å². The van der Waals surface area contributed by atoms with Gasteiger partial charge in [0.25, 0.3) is 0 Å². The third-order valence-corrected chi connectivity index (χ3v) is 2.11. The van der Waals surface area contributed by atoms with E-state index in [0.717, 1.165) is 0 Å². The summed E-state index contributed by atoms with van der Waals surface area (Å²) in [5, 5.41) is 4.25. The third-order valence-electron chi connectivity index (χ3n) is 1.89. The van der Waals surface area contributed by atoms with Gasteiger partial charge in [-0.2, -0.15) is 5.10 Å². The van der Waals surface area contributed by atoms with Crippen LogP contribution in [0.15, 0.2) is 24.5 Å². The number of halogens is 2. The molecule has 0 fully saturated rings. The van der Waals surface area contributed by atoms with E-state index in [2.05, 4.69) is 10.1 Å². The fraction of sp³-hybridized carbons (Fsp3) is 0.111. The quantitative estimate of drug-likeness (QED) is 0.845. The average Bonchev–Trinajstić information content (AvgIpc) is 2.63. The van der Waals surface area contributed by atoms with Crippen molar-refractivity contribution in [3.63, 3.8) is 0 Å². The summed E-state index contributed by atoms with van der Waals surface area (Å²) < 4.78 is 14.5. The molecule has 2 aromatic rings. The monoisotopic (exact) mass is 226 g/mol. The highest BCUT2D eigenvalue weighted by Crippen LogP contribution is 2.17. The first kappa shape index (κ1) is 10.1. The molecular formula is C9H8ClFN4. The van der Waals surface area contributed by atoms with Gasteiger partial charge in [-0.15, -0.1) is 0 Å². The molecule has 1 heterocycles. The van der Waals surface area contributed by atoms with Crippen LogP contribution in [0.5, 0.6) is 0 Å². The van der Waals surface area contributed by atoms with Crippen LogP contribution in [0.1, 0.15) is 5.82 Å². The molecule has 0 bridgehead atoms. The summed E-state index contributed by atoms with van der Waals surface area (Å²) >= 11 is 5.73. The van der Waals surface area contributed by atoms with Crippen molar-refractivity contribution in [1.82, 2.24) is 14.8 Å². The molecule has 0 spiro atoms. The Morgan fingerprint density at radius 3 is 2.87 bits per heavy atom. The van der Waals surface area contributed by atoms with Crippen LogP contribution in [-0.4, -0.2) is 14.8 Å². The molecule has 4 nitrogen and oxygen atoms in total. The van der Waals surface area contributed by atoms with Gasteiger partial charge in [-0.1, -0.05) is 11.6 Å². The summed E-state index contributed by atoms with van der Waals surface area (Å²) in [7, 11) is 0. The molecule has 6 heteroatoms. The summed E-state index contributed by atoms with van der Waals surface area (Å²) in [6.07, 6.45) is 1.36. The highest BCUT2D eigenvalue weighted by Gasteiger charge is 2.06. The normalized spacial score (nSPS) is 10.6. The number of nitrogens with two attached hydrogens (primary N) is 1. The van der Waals surface area contributed by atoms with E-state index in [9.17, 15) is 4.39 Å². The van der Waals surface area contributed by atoms with Gasteiger partial charge in [0.1, 0.15) is 18.0 Å². The van der Waals surface area contributed by atoms with Crippen molar-refractivity contribution in [3.8, 4) is 5.69 Å². The van der Waals surface area contributed by atoms with Gasteiger partial charge < -0.3 is 5.73 Å². The van der Waals surface area contributed by atoms with Gasteiger partial charge in [0, 0.05) is 5.02 Å². The molecule has 2 N–H and O–H groups in total. The molecule has 78 valence electrons. The second-order valence-electron chi connectivity index (χ2n) is 2.92. The van der Waals surface area contributed by atoms with Crippen LogP contribution in [0.25, 0.3) is 5.69 Å². The zero-order valence-corrected chi connectivity index (χ0v) is 8.45. The topological polar surface area (TPSA) is 56.7 Å². The Morgan fingerprint density at radius 2 is 2.20 bits per heavy atom. The van der Waals surface area contributed by atoms with Crippen molar-refractivity contribution in [2.45, 2.75) is 6.54 Å². The van der Waals surface area contributed by atoms with Crippen LogP contribution in [0.4, 0.5) is 4.39 Å². The Labute approximate surface area is 90.5 Å². The van der Waals surface area contributed by atoms with Crippen molar-refractivity contribution in [3.05, 3.63) is 41.2 Å². The minimum atomic E-state index is -0.420. The van der Waals surface area contributed by atoms with E-state index in [0.29, 0.717) is 16.5 Å². The van der Waals surface area contributed by atoms with E-state index < -0.39 is 5.82 Å². The van der Waals surface area contributed by atoms with Crippen LogP contribution in [0.3, 0.4) is 0 Å². The van der Waals surface area contributed by atoms with Gasteiger partial charge in [-0.25, -0.2) is 14.1 Å². The van der Waals surface area contributed by atoms with Gasteiger partial charge in [0.15, 0.2) is 0 Å². The van der Waals surface area contributed by atoms with Crippen molar-refractivity contribution in [2.75, 3.05) is 0 Å². The summed E-state index contributed by atoms with van der Waals surface area (Å²) in [6, 6.07) is 4.14. The first-order valence-electron chi connectivity index (χ1n) is 4.26. The van der Waals surface area contributed by atoms with E-state index in [1.807, 2.05) is 0 Å². The number of nitrogens with zero attached hydrogens (tertiary/aromatic N) is 3. The molecule has 1 aromatic carbocycles. The summed E-state index contributed by atoms with van der Waals surface area (Å²) in [5.74, 6) is 0.132. The van der Waals surface area contributed by atoms with Crippen molar-refractivity contribution < 1.29 is 4.39 Å². The molecule has 0 unspecified atom stereocenters. The lowest BCUT2D eigenvalue weighted by atomic mass is 10.3. The van der Waals surface area contributed by atoms with Crippen LogP contribution < -0.4 is 5.73 Å². The second-order valence-corrected chi connectivity index (χ2v) is 3.36. The molecule has 0 radical (unpaired) electrons. The zero-order chi connectivity index (χ0) is 10.8. The Balaban J connectivity index is 2.53. The van der Waals surface area contributed by atoms with Gasteiger partial charge in [-0.05, 0) is 18.2 Å². The predicted molar refractivity (Wildman–Crippen MR) is 54.2 cm³/mol. The van der Waals surface area contributed by atoms with Crippen LogP contribution in [-0.2, 0) is 6.54 Å². The fourth-order valence-electron chi connectivity index (χ4n) is 1.28. The molecule has 0 aliphatic rings. The van der Waals surface area contributed by atoms with E-state index in [1.165, 1.54) is 23.1 Å². The molecule has 0 amide bonds. The first-order valence-corrected chi connectivity index (χ1v) is 4.64. The number of rotatable bonds is 2. The lowest BCUT2D eigenvalue weighted by Crippen LogP contribution is -2.08. The number of hydrogen-bond acceptors (Lipinski definition) is 3. The lowest BCUT2D eigenvalue weighted by molar-refractivity contribution is 0.624. The number of hydrogen-bond donors (Lipinski definition) is 1. The lowest BCUT2D eigenvalue weighted by Gasteiger charge is -2.04. The molecule has 2 rings (SSSR count). The fourth-order valence-corrected chi connectivity index (χ4v) is 1.50. The van der Waals surface area contributed by atoms with Crippen molar-refractivity contribution in [1.29, 1.82) is 0 Å². The van der Waals surface area contributed by atoms with E-state index in [-0.39, 0.29) is 6.54 Å². The molecule has 0 aliphatic heterocycles. The maximum Gasteiger partial charge on any atom is 0.145 e. The molecule has 0 aliphatic carbocycles. The van der Waals surface area contributed by atoms with Gasteiger partial charge in [0.05, 0.1) is 12.2 Å². The zero-order valence-electron chi connectivity index (χ0n) is 7.69. The molecule has 15 heavy (non-hydrogen) atoms. The number of benzene rings is 1. The Hall–Kier alpha value is -1.46. The van der Waals surface area contributed by atoms with E-state index in [4.69, 9.17) is 17.3 Å². The smallest absolute Gasteiger partial charge is 0.145 e. The minimum Gasteiger partial charge on any atom is -0.324 e. The third kappa shape index (κ3) is 1.98. The molecular weight excluding hydrogens is 219 g/mol. The maximum absolute atomic E-state index is 13.1. The molecule has 0 atom stereocenters. The summed E-state index contributed by atoms with van der Waals surface area (Å²) in [4.78, 5) is 3.93. The Kier molecular flexibility index (Phi) is 2.66. The predicted octanol–water partition coefficient (Wildman–Crippen LogP) is 1.52. The molecule has 1 aromatic heterocycles. The Morgan fingerprint density at radius 1 is 1.40 bits per heavy atom. The van der Waals surface area contributed by atoms with Crippen molar-refractivity contribution >= 4 is 11.6 Å². The second kappa shape index (κ2) is 3.96. The van der Waals surface area contributed by atoms with E-state index >= 15 is 0 Å². The molecule has 0 saturated carbocycles. The average molecular weight is 227 g/mol. The summed E-state index contributed by atoms with van der Waals surface area (Å²) in [5.41, 5.74) is 5.97. The first-order chi connectivity index (χ1) is 7.20. The Bertz CT molecular complexity index is 462. The van der Waals surface area contributed by atoms with Gasteiger partial charge in [-0.3, -0.25) is 0 Å². The van der Waals surface area contributed by atoms with Gasteiger partial charge >= 0.3 is 0 Å². The maximum atomic E-state index is 13.1. The number of aromatic nitrogens is 3. The highest BCUT2D eigenvalue weighted by atomic mass is 35.5. The van der Waals surface area contributed by atoms with Crippen molar-refractivity contribution in [2.24, 2.45) is 5.73 Å². The SMILES string of the molecule is NCc1ncnn1-c1cc(F)cc(Cl)c1. The minimum absolute atomic E-state index is 0.230.